The van der Waals surface area contributed by atoms with Gasteiger partial charge in [0.2, 0.25) is 0 Å². The molecule has 1 aromatic heterocycles. The Hall–Kier alpha value is -1.68. The van der Waals surface area contributed by atoms with Gasteiger partial charge < -0.3 is 9.64 Å². The molecular formula is C15H19N3O. The summed E-state index contributed by atoms with van der Waals surface area (Å²) in [6.07, 6.45) is 4.31. The molecule has 0 amide bonds. The van der Waals surface area contributed by atoms with E-state index in [-0.39, 0.29) is 0 Å². The van der Waals surface area contributed by atoms with Gasteiger partial charge in [0.1, 0.15) is 0 Å². The van der Waals surface area contributed by atoms with Crippen molar-refractivity contribution in [3.8, 4) is 6.01 Å². The number of ether oxygens (including phenoxy) is 1. The van der Waals surface area contributed by atoms with Gasteiger partial charge in [-0.15, -0.1) is 0 Å². The van der Waals surface area contributed by atoms with E-state index in [9.17, 15) is 0 Å². The molecule has 3 rings (SSSR count). The molecule has 2 heterocycles. The van der Waals surface area contributed by atoms with Crippen LogP contribution in [0.2, 0.25) is 0 Å². The van der Waals surface area contributed by atoms with Gasteiger partial charge in [-0.3, -0.25) is 0 Å². The number of rotatable bonds is 3. The standard InChI is InChI=1S/C15H19N3O/c1-18-8-4-5-12(10-18)11-19-15-16-9-13-6-2-3-7-14(13)17-15/h2-3,6-7,9,12H,4-5,8,10-11H2,1H3. The van der Waals surface area contributed by atoms with Crippen LogP contribution in [0.1, 0.15) is 12.8 Å². The van der Waals surface area contributed by atoms with Gasteiger partial charge in [-0.25, -0.2) is 4.98 Å². The molecule has 0 aliphatic carbocycles. The molecule has 4 nitrogen and oxygen atoms in total. The molecule has 4 heteroatoms. The summed E-state index contributed by atoms with van der Waals surface area (Å²) in [6.45, 7) is 3.01. The van der Waals surface area contributed by atoms with Crippen molar-refractivity contribution in [1.82, 2.24) is 14.9 Å². The normalized spacial score (nSPS) is 20.6. The lowest BCUT2D eigenvalue weighted by Crippen LogP contribution is -2.34. The zero-order valence-electron chi connectivity index (χ0n) is 11.2. The largest absolute Gasteiger partial charge is 0.463 e. The Bertz CT molecular complexity index is 558. The van der Waals surface area contributed by atoms with Crippen LogP contribution >= 0.6 is 0 Å². The van der Waals surface area contributed by atoms with Crippen LogP contribution in [-0.2, 0) is 0 Å². The van der Waals surface area contributed by atoms with E-state index in [1.807, 2.05) is 30.5 Å². The van der Waals surface area contributed by atoms with Crippen molar-refractivity contribution < 1.29 is 4.74 Å². The third kappa shape index (κ3) is 3.01. The number of benzene rings is 1. The van der Waals surface area contributed by atoms with Gasteiger partial charge in [0.15, 0.2) is 0 Å². The summed E-state index contributed by atoms with van der Waals surface area (Å²) in [5.74, 6) is 0.592. The first-order chi connectivity index (χ1) is 9.31. The van der Waals surface area contributed by atoms with Gasteiger partial charge in [0.25, 0.3) is 0 Å². The van der Waals surface area contributed by atoms with Gasteiger partial charge in [-0.05, 0) is 32.5 Å². The predicted octanol–water partition coefficient (Wildman–Crippen LogP) is 2.35. The highest BCUT2D eigenvalue weighted by molar-refractivity contribution is 5.77. The molecule has 1 aliphatic rings. The molecule has 0 spiro atoms. The van der Waals surface area contributed by atoms with Gasteiger partial charge in [-0.1, -0.05) is 18.2 Å². The van der Waals surface area contributed by atoms with Crippen molar-refractivity contribution in [3.63, 3.8) is 0 Å². The zero-order valence-corrected chi connectivity index (χ0v) is 11.2. The molecule has 100 valence electrons. The number of likely N-dealkylation sites (tertiary alicyclic amines) is 1. The predicted molar refractivity (Wildman–Crippen MR) is 75.3 cm³/mol. The van der Waals surface area contributed by atoms with Crippen LogP contribution in [0.4, 0.5) is 0 Å². The topological polar surface area (TPSA) is 38.2 Å². The number of hydrogen-bond acceptors (Lipinski definition) is 4. The maximum absolute atomic E-state index is 5.75. The second-order valence-electron chi connectivity index (χ2n) is 5.29. The first-order valence-corrected chi connectivity index (χ1v) is 6.84. The molecule has 1 aromatic carbocycles. The van der Waals surface area contributed by atoms with E-state index in [2.05, 4.69) is 21.9 Å². The average molecular weight is 257 g/mol. The molecule has 1 atom stereocenters. The summed E-state index contributed by atoms with van der Waals surface area (Å²) in [5, 5.41) is 1.05. The van der Waals surface area contributed by atoms with Crippen molar-refractivity contribution in [2.45, 2.75) is 12.8 Å². The summed E-state index contributed by atoms with van der Waals surface area (Å²) in [4.78, 5) is 11.1. The third-order valence-corrected chi connectivity index (χ3v) is 3.64. The number of hydrogen-bond donors (Lipinski definition) is 0. The van der Waals surface area contributed by atoms with Crippen molar-refractivity contribution in [2.75, 3.05) is 26.7 Å². The number of fused-ring (bicyclic) bond motifs is 1. The second kappa shape index (κ2) is 5.53. The summed E-state index contributed by atoms with van der Waals surface area (Å²) >= 11 is 0. The Morgan fingerprint density at radius 1 is 1.37 bits per heavy atom. The fraction of sp³-hybridized carbons (Fsp3) is 0.467. The van der Waals surface area contributed by atoms with Crippen LogP contribution in [0.25, 0.3) is 10.9 Å². The van der Waals surface area contributed by atoms with E-state index in [0.717, 1.165) is 17.4 Å². The molecule has 0 N–H and O–H groups in total. The fourth-order valence-electron chi connectivity index (χ4n) is 2.63. The minimum absolute atomic E-state index is 0.493. The molecule has 1 fully saturated rings. The van der Waals surface area contributed by atoms with E-state index in [1.54, 1.807) is 0 Å². The molecule has 0 bridgehead atoms. The molecule has 1 aliphatic heterocycles. The highest BCUT2D eigenvalue weighted by atomic mass is 16.5. The fourth-order valence-corrected chi connectivity index (χ4v) is 2.63. The van der Waals surface area contributed by atoms with Crippen molar-refractivity contribution in [1.29, 1.82) is 0 Å². The lowest BCUT2D eigenvalue weighted by molar-refractivity contribution is 0.144. The maximum atomic E-state index is 5.75. The molecule has 1 unspecified atom stereocenters. The molecule has 0 radical (unpaired) electrons. The van der Waals surface area contributed by atoms with Crippen LogP contribution in [0, 0.1) is 5.92 Å². The quantitative estimate of drug-likeness (QED) is 0.846. The summed E-state index contributed by atoms with van der Waals surface area (Å²) in [5.41, 5.74) is 0.938. The Morgan fingerprint density at radius 3 is 3.16 bits per heavy atom. The summed E-state index contributed by atoms with van der Waals surface area (Å²) in [7, 11) is 2.17. The van der Waals surface area contributed by atoms with Gasteiger partial charge in [-0.2, -0.15) is 4.98 Å². The van der Waals surface area contributed by atoms with Crippen molar-refractivity contribution in [3.05, 3.63) is 30.5 Å². The van der Waals surface area contributed by atoms with Crippen molar-refractivity contribution in [2.24, 2.45) is 5.92 Å². The minimum atomic E-state index is 0.493. The monoisotopic (exact) mass is 257 g/mol. The molecule has 1 saturated heterocycles. The zero-order chi connectivity index (χ0) is 13.1. The van der Waals surface area contributed by atoms with E-state index in [4.69, 9.17) is 4.74 Å². The maximum Gasteiger partial charge on any atom is 0.316 e. The van der Waals surface area contributed by atoms with E-state index < -0.39 is 0 Å². The second-order valence-corrected chi connectivity index (χ2v) is 5.29. The minimum Gasteiger partial charge on any atom is -0.463 e. The summed E-state index contributed by atoms with van der Waals surface area (Å²) < 4.78 is 5.75. The number of nitrogens with zero attached hydrogens (tertiary/aromatic N) is 3. The smallest absolute Gasteiger partial charge is 0.316 e. The number of piperidine rings is 1. The molecule has 19 heavy (non-hydrogen) atoms. The Kier molecular flexibility index (Phi) is 3.60. The first-order valence-electron chi connectivity index (χ1n) is 6.84. The van der Waals surface area contributed by atoms with E-state index in [1.165, 1.54) is 19.4 Å². The van der Waals surface area contributed by atoms with Gasteiger partial charge in [0, 0.05) is 24.0 Å². The lowest BCUT2D eigenvalue weighted by Gasteiger charge is -2.29. The highest BCUT2D eigenvalue weighted by Crippen LogP contribution is 2.17. The van der Waals surface area contributed by atoms with Crippen molar-refractivity contribution >= 4 is 10.9 Å². The molecule has 0 saturated carbocycles. The first kappa shape index (κ1) is 12.4. The van der Waals surface area contributed by atoms with Crippen LogP contribution in [0.5, 0.6) is 6.01 Å². The third-order valence-electron chi connectivity index (χ3n) is 3.64. The van der Waals surface area contributed by atoms with Gasteiger partial charge in [0.05, 0.1) is 12.1 Å². The molecule has 2 aromatic rings. The van der Waals surface area contributed by atoms with Crippen LogP contribution in [0.15, 0.2) is 30.5 Å². The SMILES string of the molecule is CN1CCCC(COc2ncc3ccccc3n2)C1. The van der Waals surface area contributed by atoms with Gasteiger partial charge >= 0.3 is 6.01 Å². The van der Waals surface area contributed by atoms with Crippen LogP contribution < -0.4 is 4.74 Å². The Balaban J connectivity index is 1.64. The van der Waals surface area contributed by atoms with Crippen LogP contribution in [-0.4, -0.2) is 41.6 Å². The summed E-state index contributed by atoms with van der Waals surface area (Å²) in [6, 6.07) is 8.46. The number of para-hydroxylation sites is 1. The lowest BCUT2D eigenvalue weighted by atomic mass is 10.00. The number of aromatic nitrogens is 2. The molecular weight excluding hydrogens is 238 g/mol. The average Bonchev–Trinajstić information content (AvgIpc) is 2.45. The Morgan fingerprint density at radius 2 is 2.26 bits per heavy atom. The highest BCUT2D eigenvalue weighted by Gasteiger charge is 2.18. The van der Waals surface area contributed by atoms with E-state index >= 15 is 0 Å². The Labute approximate surface area is 113 Å². The van der Waals surface area contributed by atoms with Crippen LogP contribution in [0.3, 0.4) is 0 Å². The van der Waals surface area contributed by atoms with E-state index in [0.29, 0.717) is 18.5 Å².